The van der Waals surface area contributed by atoms with Crippen LogP contribution in [-0.4, -0.2) is 15.0 Å². The van der Waals surface area contributed by atoms with Gasteiger partial charge in [0.1, 0.15) is 0 Å². The zero-order chi connectivity index (χ0) is 9.80. The second-order valence-corrected chi connectivity index (χ2v) is 3.39. The summed E-state index contributed by atoms with van der Waals surface area (Å²) in [4.78, 5) is 11.8. The Morgan fingerprint density at radius 2 is 1.93 bits per heavy atom. The van der Waals surface area contributed by atoms with Crippen molar-refractivity contribution in [2.75, 3.05) is 0 Å². The number of hydrogen-bond donors (Lipinski definition) is 0. The SMILES string of the molecule is Brc1cncc(Oc2ncccn2)c1. The van der Waals surface area contributed by atoms with Gasteiger partial charge in [-0.2, -0.15) is 0 Å². The van der Waals surface area contributed by atoms with Gasteiger partial charge in [-0.3, -0.25) is 4.98 Å². The van der Waals surface area contributed by atoms with E-state index >= 15 is 0 Å². The molecule has 0 saturated heterocycles. The Labute approximate surface area is 89.1 Å². The molecule has 5 heteroatoms. The van der Waals surface area contributed by atoms with Gasteiger partial charge >= 0.3 is 6.01 Å². The van der Waals surface area contributed by atoms with Crippen LogP contribution in [0.2, 0.25) is 0 Å². The average Bonchev–Trinajstić information content (AvgIpc) is 2.19. The van der Waals surface area contributed by atoms with Crippen molar-refractivity contribution in [3.05, 3.63) is 41.4 Å². The van der Waals surface area contributed by atoms with Crippen LogP contribution in [0.3, 0.4) is 0 Å². The van der Waals surface area contributed by atoms with Crippen LogP contribution < -0.4 is 4.74 Å². The van der Waals surface area contributed by atoms with Crippen molar-refractivity contribution in [1.29, 1.82) is 0 Å². The number of hydrogen-bond acceptors (Lipinski definition) is 4. The summed E-state index contributed by atoms with van der Waals surface area (Å²) in [5, 5.41) is 0. The molecule has 2 rings (SSSR count). The highest BCUT2D eigenvalue weighted by Gasteiger charge is 1.99. The van der Waals surface area contributed by atoms with E-state index in [1.807, 2.05) is 0 Å². The predicted octanol–water partition coefficient (Wildman–Crippen LogP) is 2.43. The first-order valence-corrected chi connectivity index (χ1v) is 4.69. The second-order valence-electron chi connectivity index (χ2n) is 2.47. The lowest BCUT2D eigenvalue weighted by molar-refractivity contribution is 0.439. The monoisotopic (exact) mass is 251 g/mol. The Bertz CT molecular complexity index is 421. The van der Waals surface area contributed by atoms with E-state index in [2.05, 4.69) is 30.9 Å². The van der Waals surface area contributed by atoms with Gasteiger partial charge in [0.05, 0.1) is 6.20 Å². The molecule has 0 unspecified atom stereocenters. The van der Waals surface area contributed by atoms with Crippen LogP contribution in [0.25, 0.3) is 0 Å². The maximum atomic E-state index is 5.34. The summed E-state index contributed by atoms with van der Waals surface area (Å²) in [5.41, 5.74) is 0. The fraction of sp³-hybridized carbons (Fsp3) is 0. The second kappa shape index (κ2) is 4.15. The normalized spacial score (nSPS) is 9.79. The van der Waals surface area contributed by atoms with E-state index in [4.69, 9.17) is 4.74 Å². The van der Waals surface area contributed by atoms with E-state index in [1.165, 1.54) is 0 Å². The Morgan fingerprint density at radius 1 is 1.14 bits per heavy atom. The van der Waals surface area contributed by atoms with Gasteiger partial charge in [-0.1, -0.05) is 0 Å². The van der Waals surface area contributed by atoms with E-state index in [9.17, 15) is 0 Å². The fourth-order valence-corrected chi connectivity index (χ4v) is 1.24. The van der Waals surface area contributed by atoms with Gasteiger partial charge in [0.2, 0.25) is 0 Å². The molecule has 0 saturated carbocycles. The molecule has 0 spiro atoms. The van der Waals surface area contributed by atoms with Crippen LogP contribution >= 0.6 is 15.9 Å². The van der Waals surface area contributed by atoms with Crippen molar-refractivity contribution >= 4 is 15.9 Å². The van der Waals surface area contributed by atoms with Crippen molar-refractivity contribution in [3.8, 4) is 11.8 Å². The molecule has 4 nitrogen and oxygen atoms in total. The molecule has 0 bridgehead atoms. The third-order valence-electron chi connectivity index (χ3n) is 1.43. The zero-order valence-corrected chi connectivity index (χ0v) is 8.68. The number of halogens is 1. The van der Waals surface area contributed by atoms with Gasteiger partial charge in [-0.25, -0.2) is 9.97 Å². The van der Waals surface area contributed by atoms with Crippen LogP contribution in [0.4, 0.5) is 0 Å². The van der Waals surface area contributed by atoms with Crippen LogP contribution in [0.5, 0.6) is 11.8 Å². The lowest BCUT2D eigenvalue weighted by Crippen LogP contribution is -1.90. The lowest BCUT2D eigenvalue weighted by Gasteiger charge is -2.01. The van der Waals surface area contributed by atoms with Gasteiger partial charge < -0.3 is 4.74 Å². The number of aromatic nitrogens is 3. The first-order valence-electron chi connectivity index (χ1n) is 3.90. The van der Waals surface area contributed by atoms with Crippen LogP contribution in [0, 0.1) is 0 Å². The van der Waals surface area contributed by atoms with Gasteiger partial charge in [-0.15, -0.1) is 0 Å². The number of rotatable bonds is 2. The quantitative estimate of drug-likeness (QED) is 0.823. The van der Waals surface area contributed by atoms with Crippen molar-refractivity contribution in [2.45, 2.75) is 0 Å². The van der Waals surface area contributed by atoms with E-state index in [0.717, 1.165) is 4.47 Å². The molecule has 2 aromatic rings. The summed E-state index contributed by atoms with van der Waals surface area (Å²) in [7, 11) is 0. The van der Waals surface area contributed by atoms with E-state index in [1.54, 1.807) is 36.9 Å². The minimum absolute atomic E-state index is 0.312. The summed E-state index contributed by atoms with van der Waals surface area (Å²) in [6.45, 7) is 0. The Hall–Kier alpha value is -1.49. The molecule has 0 aliphatic heterocycles. The molecule has 0 amide bonds. The van der Waals surface area contributed by atoms with Crippen molar-refractivity contribution in [1.82, 2.24) is 15.0 Å². The Balaban J connectivity index is 2.19. The van der Waals surface area contributed by atoms with Gasteiger partial charge in [0.15, 0.2) is 5.75 Å². The number of nitrogens with zero attached hydrogens (tertiary/aromatic N) is 3. The third kappa shape index (κ3) is 2.26. The summed E-state index contributed by atoms with van der Waals surface area (Å²) in [6, 6.07) is 3.84. The number of pyridine rings is 1. The molecular weight excluding hydrogens is 246 g/mol. The standard InChI is InChI=1S/C9H6BrN3O/c10-7-4-8(6-11-5-7)14-9-12-2-1-3-13-9/h1-6H. The summed E-state index contributed by atoms with van der Waals surface area (Å²) < 4.78 is 6.20. The molecule has 0 aliphatic carbocycles. The smallest absolute Gasteiger partial charge is 0.321 e. The zero-order valence-electron chi connectivity index (χ0n) is 7.09. The first-order chi connectivity index (χ1) is 6.84. The van der Waals surface area contributed by atoms with Crippen LogP contribution in [0.15, 0.2) is 41.4 Å². The first kappa shape index (κ1) is 9.08. The molecule has 2 heterocycles. The molecule has 0 aromatic carbocycles. The Morgan fingerprint density at radius 3 is 2.64 bits per heavy atom. The van der Waals surface area contributed by atoms with Crippen molar-refractivity contribution in [3.63, 3.8) is 0 Å². The summed E-state index contributed by atoms with van der Waals surface area (Å²) in [6.07, 6.45) is 6.52. The predicted molar refractivity (Wildman–Crippen MR) is 54.0 cm³/mol. The fourth-order valence-electron chi connectivity index (χ4n) is 0.892. The molecule has 0 aliphatic rings. The highest BCUT2D eigenvalue weighted by Crippen LogP contribution is 2.19. The van der Waals surface area contributed by atoms with Gasteiger partial charge in [-0.05, 0) is 28.1 Å². The Kier molecular flexibility index (Phi) is 2.69. The number of ether oxygens (including phenoxy) is 1. The van der Waals surface area contributed by atoms with Crippen molar-refractivity contribution in [2.24, 2.45) is 0 Å². The molecule has 14 heavy (non-hydrogen) atoms. The third-order valence-corrected chi connectivity index (χ3v) is 1.86. The molecule has 2 aromatic heterocycles. The van der Waals surface area contributed by atoms with Gasteiger partial charge in [0.25, 0.3) is 0 Å². The molecular formula is C9H6BrN3O. The van der Waals surface area contributed by atoms with Crippen LogP contribution in [0.1, 0.15) is 0 Å². The minimum Gasteiger partial charge on any atom is -0.423 e. The van der Waals surface area contributed by atoms with E-state index in [-0.39, 0.29) is 0 Å². The van der Waals surface area contributed by atoms with Crippen LogP contribution in [-0.2, 0) is 0 Å². The largest absolute Gasteiger partial charge is 0.423 e. The highest BCUT2D eigenvalue weighted by molar-refractivity contribution is 9.10. The topological polar surface area (TPSA) is 47.9 Å². The molecule has 0 fully saturated rings. The lowest BCUT2D eigenvalue weighted by atomic mass is 10.5. The molecule has 0 atom stereocenters. The summed E-state index contributed by atoms with van der Waals surface area (Å²) >= 11 is 3.29. The highest BCUT2D eigenvalue weighted by atomic mass is 79.9. The van der Waals surface area contributed by atoms with Gasteiger partial charge in [0, 0.05) is 23.1 Å². The molecule has 0 radical (unpaired) electrons. The van der Waals surface area contributed by atoms with E-state index < -0.39 is 0 Å². The minimum atomic E-state index is 0.312. The average molecular weight is 252 g/mol. The van der Waals surface area contributed by atoms with Crippen molar-refractivity contribution < 1.29 is 4.74 Å². The maximum Gasteiger partial charge on any atom is 0.321 e. The molecule has 70 valence electrons. The van der Waals surface area contributed by atoms with E-state index in [0.29, 0.717) is 11.8 Å². The molecule has 0 N–H and O–H groups in total. The maximum absolute atomic E-state index is 5.34. The summed E-state index contributed by atoms with van der Waals surface area (Å²) in [5.74, 6) is 0.602.